The predicted molar refractivity (Wildman–Crippen MR) is 139 cm³/mol. The van der Waals surface area contributed by atoms with Crippen molar-refractivity contribution in [1.82, 2.24) is 9.21 Å². The molecule has 2 aromatic carbocycles. The van der Waals surface area contributed by atoms with Crippen LogP contribution >= 0.6 is 0 Å². The number of fused-ring (bicyclic) bond motifs is 1. The van der Waals surface area contributed by atoms with Gasteiger partial charge in [0.05, 0.1) is 22.9 Å². The Morgan fingerprint density at radius 3 is 2.46 bits per heavy atom. The minimum atomic E-state index is -3.62. The first-order chi connectivity index (χ1) is 17.8. The first-order valence-corrected chi connectivity index (χ1v) is 14.1. The molecule has 0 atom stereocenters. The summed E-state index contributed by atoms with van der Waals surface area (Å²) in [6.07, 6.45) is 3.38. The van der Waals surface area contributed by atoms with Crippen LogP contribution in [-0.2, 0) is 26.0 Å². The monoisotopic (exact) mass is 521 g/mol. The maximum atomic E-state index is 13.0. The number of nitrogens with zero attached hydrogens (tertiary/aromatic N) is 4. The zero-order chi connectivity index (χ0) is 26.2. The Balaban J connectivity index is 1.11. The van der Waals surface area contributed by atoms with Gasteiger partial charge in [0.25, 0.3) is 0 Å². The number of likely N-dealkylation sites (N-methyl/N-ethyl adjacent to an activating group) is 1. The quantitative estimate of drug-likeness (QED) is 0.647. The van der Waals surface area contributed by atoms with Crippen molar-refractivity contribution < 1.29 is 18.0 Å². The Kier molecular flexibility index (Phi) is 7.03. The molecular formula is C27H31N5O4S. The average Bonchev–Trinajstić information content (AvgIpc) is 3.21. The molecule has 0 unspecified atom stereocenters. The fourth-order valence-corrected chi connectivity index (χ4v) is 7.16. The number of amides is 2. The van der Waals surface area contributed by atoms with Crippen LogP contribution in [0.15, 0.2) is 47.4 Å². The zero-order valence-electron chi connectivity index (χ0n) is 20.9. The molecule has 0 saturated carbocycles. The standard InChI is InChI=1S/C27H31N5O4S/c1-30-25-6-5-22(16-21(25)17-26(30)33)29-27(34)20-7-11-31(12-8-20)23-9-13-32(14-10-23)37(35,36)24-4-2-3-19(15-24)18-28/h2-6,15-16,20,23H,7-14,17H2,1H3,(H,29,34). The van der Waals surface area contributed by atoms with E-state index in [0.29, 0.717) is 31.1 Å². The summed E-state index contributed by atoms with van der Waals surface area (Å²) in [7, 11) is -1.86. The molecule has 1 N–H and O–H groups in total. The van der Waals surface area contributed by atoms with Crippen molar-refractivity contribution in [2.24, 2.45) is 5.92 Å². The van der Waals surface area contributed by atoms with E-state index in [1.54, 1.807) is 30.1 Å². The molecule has 9 nitrogen and oxygen atoms in total. The normalized spacial score (nSPS) is 20.0. The van der Waals surface area contributed by atoms with E-state index in [9.17, 15) is 18.0 Å². The SMILES string of the molecule is CN1C(=O)Cc2cc(NC(=O)C3CCN(C4CCN(S(=O)(=O)c5cccc(C#N)c5)CC4)CC3)ccc21. The van der Waals surface area contributed by atoms with Crippen molar-refractivity contribution in [2.75, 3.05) is 43.4 Å². The summed E-state index contributed by atoms with van der Waals surface area (Å²) in [5.74, 6) is 0.00181. The first-order valence-electron chi connectivity index (χ1n) is 12.7. The van der Waals surface area contributed by atoms with Gasteiger partial charge >= 0.3 is 0 Å². The van der Waals surface area contributed by atoms with Crippen LogP contribution < -0.4 is 10.2 Å². The number of sulfonamides is 1. The third-order valence-electron chi connectivity index (χ3n) is 7.87. The topological polar surface area (TPSA) is 114 Å². The van der Waals surface area contributed by atoms with Crippen molar-refractivity contribution in [3.63, 3.8) is 0 Å². The highest BCUT2D eigenvalue weighted by atomic mass is 32.2. The summed E-state index contributed by atoms with van der Waals surface area (Å²) >= 11 is 0. The summed E-state index contributed by atoms with van der Waals surface area (Å²) in [6, 6.07) is 14.1. The van der Waals surface area contributed by atoms with Crippen LogP contribution in [0.25, 0.3) is 0 Å². The third kappa shape index (κ3) is 5.12. The van der Waals surface area contributed by atoms with Gasteiger partial charge in [0, 0.05) is 43.5 Å². The lowest BCUT2D eigenvalue weighted by molar-refractivity contribution is -0.121. The molecule has 3 aliphatic rings. The number of likely N-dealkylation sites (tertiary alicyclic amines) is 1. The van der Waals surface area contributed by atoms with E-state index >= 15 is 0 Å². The minimum Gasteiger partial charge on any atom is -0.326 e. The molecule has 3 aliphatic heterocycles. The Morgan fingerprint density at radius 1 is 1.03 bits per heavy atom. The van der Waals surface area contributed by atoms with Crippen LogP contribution in [0, 0.1) is 17.2 Å². The average molecular weight is 522 g/mol. The largest absolute Gasteiger partial charge is 0.326 e. The minimum absolute atomic E-state index is 0.0118. The lowest BCUT2D eigenvalue weighted by Crippen LogP contribution is -2.49. The van der Waals surface area contributed by atoms with Crippen LogP contribution in [-0.4, -0.2) is 68.7 Å². The number of carbonyl (C=O) groups excluding carboxylic acids is 2. The number of piperidine rings is 2. The van der Waals surface area contributed by atoms with E-state index in [4.69, 9.17) is 5.26 Å². The summed E-state index contributed by atoms with van der Waals surface area (Å²) in [5.41, 5.74) is 2.89. The molecule has 0 bridgehead atoms. The van der Waals surface area contributed by atoms with Crippen molar-refractivity contribution >= 4 is 33.2 Å². The van der Waals surface area contributed by atoms with Crippen molar-refractivity contribution in [3.05, 3.63) is 53.6 Å². The summed E-state index contributed by atoms with van der Waals surface area (Å²) in [4.78, 5) is 29.0. The number of anilines is 2. The Labute approximate surface area is 217 Å². The van der Waals surface area contributed by atoms with E-state index in [0.717, 1.165) is 55.7 Å². The number of hydrogen-bond acceptors (Lipinski definition) is 6. The first kappa shape index (κ1) is 25.4. The third-order valence-corrected chi connectivity index (χ3v) is 9.76. The molecule has 3 heterocycles. The summed E-state index contributed by atoms with van der Waals surface area (Å²) in [5, 5.41) is 12.1. The maximum Gasteiger partial charge on any atom is 0.243 e. The number of nitrogens with one attached hydrogen (secondary N) is 1. The lowest BCUT2D eigenvalue weighted by Gasteiger charge is -2.41. The number of rotatable bonds is 5. The molecule has 2 saturated heterocycles. The van der Waals surface area contributed by atoms with Gasteiger partial charge in [-0.2, -0.15) is 9.57 Å². The molecule has 0 aromatic heterocycles. The number of hydrogen-bond donors (Lipinski definition) is 1. The highest BCUT2D eigenvalue weighted by Crippen LogP contribution is 2.31. The fraction of sp³-hybridized carbons (Fsp3) is 0.444. The second kappa shape index (κ2) is 10.2. The van der Waals surface area contributed by atoms with Crippen LogP contribution in [0.4, 0.5) is 11.4 Å². The maximum absolute atomic E-state index is 13.0. The van der Waals surface area contributed by atoms with Crippen LogP contribution in [0.2, 0.25) is 0 Å². The second-order valence-corrected chi connectivity index (χ2v) is 12.0. The van der Waals surface area contributed by atoms with Crippen molar-refractivity contribution in [2.45, 2.75) is 43.0 Å². The number of nitriles is 1. The molecule has 5 rings (SSSR count). The van der Waals surface area contributed by atoms with Crippen LogP contribution in [0.1, 0.15) is 36.8 Å². The molecule has 2 amide bonds. The second-order valence-electron chi connectivity index (χ2n) is 10.0. The Bertz CT molecular complexity index is 1350. The molecule has 0 radical (unpaired) electrons. The van der Waals surface area contributed by atoms with Gasteiger partial charge in [0.15, 0.2) is 0 Å². The van der Waals surface area contributed by atoms with Crippen molar-refractivity contribution in [3.8, 4) is 6.07 Å². The van der Waals surface area contributed by atoms with Gasteiger partial charge in [-0.25, -0.2) is 8.42 Å². The van der Waals surface area contributed by atoms with Gasteiger partial charge in [-0.15, -0.1) is 0 Å². The highest BCUT2D eigenvalue weighted by molar-refractivity contribution is 7.89. The highest BCUT2D eigenvalue weighted by Gasteiger charge is 2.34. The van der Waals surface area contributed by atoms with Gasteiger partial charge < -0.3 is 15.1 Å². The van der Waals surface area contributed by atoms with E-state index < -0.39 is 10.0 Å². The lowest BCUT2D eigenvalue weighted by atomic mass is 9.93. The Morgan fingerprint density at radius 2 is 1.76 bits per heavy atom. The van der Waals surface area contributed by atoms with Gasteiger partial charge in [-0.1, -0.05) is 6.07 Å². The molecule has 2 aromatic rings. The summed E-state index contributed by atoms with van der Waals surface area (Å²) < 4.78 is 27.6. The van der Waals surface area contributed by atoms with Gasteiger partial charge in [0.1, 0.15) is 0 Å². The molecule has 194 valence electrons. The number of carbonyl (C=O) groups is 2. The van der Waals surface area contributed by atoms with Gasteiger partial charge in [-0.3, -0.25) is 9.59 Å². The Hall–Kier alpha value is -3.26. The van der Waals surface area contributed by atoms with E-state index in [1.165, 1.54) is 10.4 Å². The van der Waals surface area contributed by atoms with Crippen molar-refractivity contribution in [1.29, 1.82) is 5.26 Å². The fourth-order valence-electron chi connectivity index (χ4n) is 5.64. The predicted octanol–water partition coefficient (Wildman–Crippen LogP) is 2.58. The zero-order valence-corrected chi connectivity index (χ0v) is 21.7. The van der Waals surface area contributed by atoms with Crippen LogP contribution in [0.5, 0.6) is 0 Å². The molecular weight excluding hydrogens is 490 g/mol. The van der Waals surface area contributed by atoms with E-state index in [2.05, 4.69) is 10.2 Å². The van der Waals surface area contributed by atoms with Crippen LogP contribution in [0.3, 0.4) is 0 Å². The van der Waals surface area contributed by atoms with E-state index in [1.807, 2.05) is 24.3 Å². The summed E-state index contributed by atoms with van der Waals surface area (Å²) in [6.45, 7) is 2.51. The smallest absolute Gasteiger partial charge is 0.243 e. The van der Waals surface area contributed by atoms with Gasteiger partial charge in [0.2, 0.25) is 21.8 Å². The molecule has 0 aliphatic carbocycles. The number of benzene rings is 2. The van der Waals surface area contributed by atoms with Gasteiger partial charge in [-0.05, 0) is 80.7 Å². The molecule has 0 spiro atoms. The molecule has 10 heteroatoms. The molecule has 37 heavy (non-hydrogen) atoms. The molecule has 2 fully saturated rings. The van der Waals surface area contributed by atoms with E-state index in [-0.39, 0.29) is 22.6 Å².